The highest BCUT2D eigenvalue weighted by Crippen LogP contribution is 2.24. The van der Waals surface area contributed by atoms with E-state index in [0.717, 1.165) is 16.9 Å². The fourth-order valence-corrected chi connectivity index (χ4v) is 2.58. The van der Waals surface area contributed by atoms with E-state index in [0.29, 0.717) is 18.0 Å². The van der Waals surface area contributed by atoms with Gasteiger partial charge in [0.1, 0.15) is 17.2 Å². The van der Waals surface area contributed by atoms with Gasteiger partial charge in [0.2, 0.25) is 5.91 Å². The van der Waals surface area contributed by atoms with E-state index in [9.17, 15) is 9.59 Å². The molecule has 0 aliphatic heterocycles. The first-order valence-electron chi connectivity index (χ1n) is 9.63. The number of hydrogen-bond acceptors (Lipinski definition) is 4. The van der Waals surface area contributed by atoms with Gasteiger partial charge < -0.3 is 20.1 Å². The molecule has 3 aromatic carbocycles. The highest BCUT2D eigenvalue weighted by molar-refractivity contribution is 5.85. The first-order chi connectivity index (χ1) is 14.6. The van der Waals surface area contributed by atoms with Crippen molar-refractivity contribution < 1.29 is 19.1 Å². The molecule has 154 valence electrons. The molecular weight excluding hydrogens is 380 g/mol. The normalized spacial score (nSPS) is 10.2. The molecule has 0 spiro atoms. The third-order valence-corrected chi connectivity index (χ3v) is 4.23. The third-order valence-electron chi connectivity index (χ3n) is 4.23. The Labute approximate surface area is 175 Å². The highest BCUT2D eigenvalue weighted by atomic mass is 16.5. The molecule has 6 nitrogen and oxygen atoms in total. The zero-order valence-electron chi connectivity index (χ0n) is 16.8. The molecule has 0 radical (unpaired) electrons. The van der Waals surface area contributed by atoms with Crippen LogP contribution in [0.25, 0.3) is 0 Å². The first-order valence-corrected chi connectivity index (χ1v) is 9.63. The smallest absolute Gasteiger partial charge is 0.258 e. The van der Waals surface area contributed by atoms with Crippen molar-refractivity contribution in [2.75, 3.05) is 13.2 Å². The molecule has 3 rings (SSSR count). The van der Waals surface area contributed by atoms with Gasteiger partial charge in [-0.1, -0.05) is 48.0 Å². The van der Waals surface area contributed by atoms with E-state index < -0.39 is 0 Å². The van der Waals surface area contributed by atoms with Gasteiger partial charge in [-0.05, 0) is 48.9 Å². The van der Waals surface area contributed by atoms with Crippen molar-refractivity contribution in [3.63, 3.8) is 0 Å². The molecule has 2 amide bonds. The minimum atomic E-state index is -0.371. The van der Waals surface area contributed by atoms with Crippen LogP contribution in [-0.4, -0.2) is 25.0 Å². The fourth-order valence-electron chi connectivity index (χ4n) is 2.58. The molecule has 0 aromatic heterocycles. The molecule has 0 bridgehead atoms. The minimum absolute atomic E-state index is 0.0989. The van der Waals surface area contributed by atoms with Gasteiger partial charge in [-0.2, -0.15) is 0 Å². The van der Waals surface area contributed by atoms with E-state index >= 15 is 0 Å². The molecule has 0 saturated carbocycles. The van der Waals surface area contributed by atoms with Crippen LogP contribution in [0.1, 0.15) is 11.1 Å². The summed E-state index contributed by atoms with van der Waals surface area (Å²) in [6, 6.07) is 24.3. The number of rotatable bonds is 9. The summed E-state index contributed by atoms with van der Waals surface area (Å²) < 4.78 is 11.2. The summed E-state index contributed by atoms with van der Waals surface area (Å²) in [5.41, 5.74) is 2.16. The Hall–Kier alpha value is -3.80. The maximum Gasteiger partial charge on any atom is 0.258 e. The Morgan fingerprint density at radius 1 is 0.733 bits per heavy atom. The largest absolute Gasteiger partial charge is 0.484 e. The van der Waals surface area contributed by atoms with Gasteiger partial charge in [-0.3, -0.25) is 9.59 Å². The number of carbonyl (C=O) groups is 2. The molecular formula is C24H24N2O4. The van der Waals surface area contributed by atoms with Crippen molar-refractivity contribution in [1.82, 2.24) is 10.6 Å². The van der Waals surface area contributed by atoms with Crippen molar-refractivity contribution in [2.24, 2.45) is 0 Å². The molecule has 0 saturated heterocycles. The Kier molecular flexibility index (Phi) is 7.44. The Morgan fingerprint density at radius 2 is 1.33 bits per heavy atom. The molecule has 0 aliphatic carbocycles. The second-order valence-corrected chi connectivity index (χ2v) is 6.71. The molecule has 0 unspecified atom stereocenters. The molecule has 0 heterocycles. The van der Waals surface area contributed by atoms with E-state index in [2.05, 4.69) is 10.6 Å². The zero-order chi connectivity index (χ0) is 21.2. The summed E-state index contributed by atoms with van der Waals surface area (Å²) >= 11 is 0. The summed E-state index contributed by atoms with van der Waals surface area (Å²) in [5, 5.41) is 5.29. The van der Waals surface area contributed by atoms with Gasteiger partial charge in [0, 0.05) is 6.54 Å². The summed E-state index contributed by atoms with van der Waals surface area (Å²) in [5.74, 6) is 1.33. The van der Waals surface area contributed by atoms with E-state index in [1.165, 1.54) is 0 Å². The lowest BCUT2D eigenvalue weighted by Crippen LogP contribution is -2.38. The number of ether oxygens (including phenoxy) is 2. The molecule has 0 aliphatic rings. The zero-order valence-corrected chi connectivity index (χ0v) is 16.8. The number of hydrogen-bond donors (Lipinski definition) is 2. The van der Waals surface area contributed by atoms with E-state index in [1.807, 2.05) is 61.5 Å². The Bertz CT molecular complexity index is 955. The third kappa shape index (κ3) is 6.98. The van der Waals surface area contributed by atoms with Crippen molar-refractivity contribution in [1.29, 1.82) is 0 Å². The van der Waals surface area contributed by atoms with Gasteiger partial charge in [0.05, 0.1) is 6.54 Å². The predicted molar refractivity (Wildman–Crippen MR) is 114 cm³/mol. The lowest BCUT2D eigenvalue weighted by atomic mass is 10.2. The summed E-state index contributed by atoms with van der Waals surface area (Å²) in [7, 11) is 0. The van der Waals surface area contributed by atoms with Crippen LogP contribution in [0.2, 0.25) is 0 Å². The fraction of sp³-hybridized carbons (Fsp3) is 0.167. The van der Waals surface area contributed by atoms with Gasteiger partial charge >= 0.3 is 0 Å². The van der Waals surface area contributed by atoms with E-state index in [1.54, 1.807) is 24.3 Å². The lowest BCUT2D eigenvalue weighted by molar-refractivity contribution is -0.127. The maximum absolute atomic E-state index is 11.9. The molecule has 30 heavy (non-hydrogen) atoms. The second-order valence-electron chi connectivity index (χ2n) is 6.71. The topological polar surface area (TPSA) is 76.7 Å². The molecule has 2 N–H and O–H groups in total. The van der Waals surface area contributed by atoms with Crippen LogP contribution in [0.15, 0.2) is 78.9 Å². The second kappa shape index (κ2) is 10.7. The SMILES string of the molecule is Cc1ccc(Oc2ccc(OCC(=O)NCC(=O)NCc3ccccc3)cc2)cc1. The minimum Gasteiger partial charge on any atom is -0.484 e. The van der Waals surface area contributed by atoms with Crippen LogP contribution in [-0.2, 0) is 16.1 Å². The summed E-state index contributed by atoms with van der Waals surface area (Å²) in [6.45, 7) is 2.16. The number of nitrogens with one attached hydrogen (secondary N) is 2. The van der Waals surface area contributed by atoms with Crippen LogP contribution >= 0.6 is 0 Å². The van der Waals surface area contributed by atoms with Crippen molar-refractivity contribution in [2.45, 2.75) is 13.5 Å². The number of benzene rings is 3. The average molecular weight is 404 g/mol. The Morgan fingerprint density at radius 3 is 2.00 bits per heavy atom. The maximum atomic E-state index is 11.9. The van der Waals surface area contributed by atoms with Crippen LogP contribution in [0, 0.1) is 6.92 Å². The lowest BCUT2D eigenvalue weighted by Gasteiger charge is -2.09. The van der Waals surface area contributed by atoms with Gasteiger partial charge in [-0.25, -0.2) is 0 Å². The quantitative estimate of drug-likeness (QED) is 0.571. The van der Waals surface area contributed by atoms with E-state index in [-0.39, 0.29) is 25.0 Å². The summed E-state index contributed by atoms with van der Waals surface area (Å²) in [4.78, 5) is 23.7. The van der Waals surface area contributed by atoms with E-state index in [4.69, 9.17) is 9.47 Å². The number of amides is 2. The highest BCUT2D eigenvalue weighted by Gasteiger charge is 2.07. The predicted octanol–water partition coefficient (Wildman–Crippen LogP) is 3.60. The van der Waals surface area contributed by atoms with Crippen molar-refractivity contribution in [3.05, 3.63) is 90.0 Å². The number of carbonyl (C=O) groups excluding carboxylic acids is 2. The average Bonchev–Trinajstić information content (AvgIpc) is 2.78. The molecule has 0 fully saturated rings. The van der Waals surface area contributed by atoms with Gasteiger partial charge in [-0.15, -0.1) is 0 Å². The Balaban J connectivity index is 1.36. The monoisotopic (exact) mass is 404 g/mol. The van der Waals surface area contributed by atoms with Crippen LogP contribution in [0.3, 0.4) is 0 Å². The molecule has 0 atom stereocenters. The van der Waals surface area contributed by atoms with Crippen LogP contribution < -0.4 is 20.1 Å². The van der Waals surface area contributed by atoms with Crippen LogP contribution in [0.5, 0.6) is 17.2 Å². The molecule has 3 aromatic rings. The number of aryl methyl sites for hydroxylation is 1. The molecule has 6 heteroatoms. The van der Waals surface area contributed by atoms with Gasteiger partial charge in [0.25, 0.3) is 5.91 Å². The van der Waals surface area contributed by atoms with Gasteiger partial charge in [0.15, 0.2) is 6.61 Å². The standard InChI is InChI=1S/C24H24N2O4/c1-18-7-9-21(10-8-18)30-22-13-11-20(12-14-22)29-17-24(28)26-16-23(27)25-15-19-5-3-2-4-6-19/h2-14H,15-17H2,1H3,(H,25,27)(H,26,28). The van der Waals surface area contributed by atoms with Crippen molar-refractivity contribution in [3.8, 4) is 17.2 Å². The van der Waals surface area contributed by atoms with Crippen molar-refractivity contribution >= 4 is 11.8 Å². The first kappa shape index (κ1) is 20.9. The summed E-state index contributed by atoms with van der Waals surface area (Å²) in [6.07, 6.45) is 0. The van der Waals surface area contributed by atoms with Crippen LogP contribution in [0.4, 0.5) is 0 Å².